The second-order valence-electron chi connectivity index (χ2n) is 3.70. The third-order valence-electron chi connectivity index (χ3n) is 2.48. The molecular weight excluding hydrogens is 346 g/mol. The van der Waals surface area contributed by atoms with E-state index in [0.29, 0.717) is 15.5 Å². The van der Waals surface area contributed by atoms with Gasteiger partial charge in [0, 0.05) is 17.1 Å². The zero-order valence-electron chi connectivity index (χ0n) is 9.55. The predicted octanol–water partition coefficient (Wildman–Crippen LogP) is 4.68. The van der Waals surface area contributed by atoms with Gasteiger partial charge in [0.1, 0.15) is 5.15 Å². The van der Waals surface area contributed by atoms with Gasteiger partial charge in [-0.1, -0.05) is 41.9 Å². The molecule has 0 radical (unpaired) electrons. The van der Waals surface area contributed by atoms with Crippen molar-refractivity contribution in [1.29, 1.82) is 0 Å². The lowest BCUT2D eigenvalue weighted by Gasteiger charge is -2.07. The van der Waals surface area contributed by atoms with Gasteiger partial charge in [-0.2, -0.15) is 0 Å². The van der Waals surface area contributed by atoms with Gasteiger partial charge in [0.05, 0.1) is 10.2 Å². The Bertz CT molecular complexity index is 701. The number of hydrogen-bond donors (Lipinski definition) is 0. The van der Waals surface area contributed by atoms with E-state index in [-0.39, 0.29) is 0 Å². The van der Waals surface area contributed by atoms with Crippen molar-refractivity contribution in [3.05, 3.63) is 51.5 Å². The fourth-order valence-corrected chi connectivity index (χ4v) is 2.78. The number of aromatic nitrogens is 3. The second kappa shape index (κ2) is 5.36. The van der Waals surface area contributed by atoms with Crippen LogP contribution in [-0.2, 0) is 0 Å². The summed E-state index contributed by atoms with van der Waals surface area (Å²) in [5.41, 5.74) is 1.75. The molecule has 0 spiro atoms. The summed E-state index contributed by atoms with van der Waals surface area (Å²) in [4.78, 5) is 13.0. The van der Waals surface area contributed by atoms with Gasteiger partial charge < -0.3 is 0 Å². The molecule has 0 amide bonds. The highest BCUT2D eigenvalue weighted by atomic mass is 79.9. The van der Waals surface area contributed by atoms with Crippen LogP contribution in [-0.4, -0.2) is 15.0 Å². The van der Waals surface area contributed by atoms with Crippen LogP contribution in [0.2, 0.25) is 5.15 Å². The summed E-state index contributed by atoms with van der Waals surface area (Å²) in [7, 11) is 0. The van der Waals surface area contributed by atoms with E-state index in [0.717, 1.165) is 16.3 Å². The van der Waals surface area contributed by atoms with Gasteiger partial charge in [0.15, 0.2) is 10.8 Å². The maximum absolute atomic E-state index is 6.16. The number of benzene rings is 1. The first-order valence-corrected chi connectivity index (χ1v) is 7.49. The van der Waals surface area contributed by atoms with E-state index in [9.17, 15) is 0 Å². The molecule has 0 N–H and O–H groups in total. The van der Waals surface area contributed by atoms with Gasteiger partial charge in [0.2, 0.25) is 0 Å². The Kier molecular flexibility index (Phi) is 3.59. The van der Waals surface area contributed by atoms with Crippen LogP contribution in [0.15, 0.2) is 46.4 Å². The van der Waals surface area contributed by atoms with Gasteiger partial charge >= 0.3 is 0 Å². The highest BCUT2D eigenvalue weighted by molar-refractivity contribution is 9.10. The van der Waals surface area contributed by atoms with Crippen LogP contribution < -0.4 is 0 Å². The summed E-state index contributed by atoms with van der Waals surface area (Å²) in [6, 6.07) is 9.84. The van der Waals surface area contributed by atoms with Crippen molar-refractivity contribution >= 4 is 38.9 Å². The van der Waals surface area contributed by atoms with Crippen LogP contribution in [0.25, 0.3) is 22.1 Å². The maximum atomic E-state index is 6.16. The van der Waals surface area contributed by atoms with E-state index in [1.165, 1.54) is 11.3 Å². The molecule has 0 aliphatic rings. The largest absolute Gasteiger partial charge is 0.241 e. The Hall–Kier alpha value is -1.30. The van der Waals surface area contributed by atoms with Crippen molar-refractivity contribution in [2.45, 2.75) is 0 Å². The molecule has 2 heterocycles. The van der Waals surface area contributed by atoms with E-state index >= 15 is 0 Å². The molecular formula is C13H7BrClN3S. The van der Waals surface area contributed by atoms with E-state index in [1.54, 1.807) is 6.20 Å². The topological polar surface area (TPSA) is 38.7 Å². The van der Waals surface area contributed by atoms with Gasteiger partial charge in [-0.3, -0.25) is 0 Å². The van der Waals surface area contributed by atoms with E-state index in [1.807, 2.05) is 35.7 Å². The average molecular weight is 353 g/mol. The fourth-order valence-electron chi connectivity index (χ4n) is 1.64. The summed E-state index contributed by atoms with van der Waals surface area (Å²) >= 11 is 11.1. The van der Waals surface area contributed by atoms with E-state index in [4.69, 9.17) is 11.6 Å². The van der Waals surface area contributed by atoms with Crippen LogP contribution in [0.5, 0.6) is 0 Å². The highest BCUT2D eigenvalue weighted by Gasteiger charge is 2.14. The second-order valence-corrected chi connectivity index (χ2v) is 5.75. The molecule has 6 heteroatoms. The highest BCUT2D eigenvalue weighted by Crippen LogP contribution is 2.33. The number of thiazole rings is 1. The number of halogens is 2. The zero-order chi connectivity index (χ0) is 13.2. The molecule has 19 heavy (non-hydrogen) atoms. The van der Waals surface area contributed by atoms with Gasteiger partial charge in [-0.15, -0.1) is 11.3 Å². The Morgan fingerprint density at radius 1 is 1.11 bits per heavy atom. The van der Waals surface area contributed by atoms with Crippen molar-refractivity contribution < 1.29 is 0 Å². The molecule has 0 aliphatic carbocycles. The first-order valence-electron chi connectivity index (χ1n) is 5.44. The molecule has 0 unspecified atom stereocenters. The molecule has 0 saturated carbocycles. The van der Waals surface area contributed by atoms with Crippen molar-refractivity contribution in [2.75, 3.05) is 0 Å². The molecule has 0 saturated heterocycles. The Balaban J connectivity index is 2.20. The molecule has 3 rings (SSSR count). The Morgan fingerprint density at radius 3 is 2.58 bits per heavy atom. The monoisotopic (exact) mass is 351 g/mol. The van der Waals surface area contributed by atoms with Crippen LogP contribution in [0.4, 0.5) is 0 Å². The first-order chi connectivity index (χ1) is 9.25. The van der Waals surface area contributed by atoms with Crippen LogP contribution >= 0.6 is 38.9 Å². The smallest absolute Gasteiger partial charge is 0.190 e. The molecule has 3 aromatic rings. The molecule has 0 bridgehead atoms. The summed E-state index contributed by atoms with van der Waals surface area (Å²) in [5.74, 6) is 0.544. The summed E-state index contributed by atoms with van der Waals surface area (Å²) < 4.78 is 0.695. The summed E-state index contributed by atoms with van der Waals surface area (Å²) in [5, 5.41) is 3.03. The molecule has 0 fully saturated rings. The molecule has 3 nitrogen and oxygen atoms in total. The van der Waals surface area contributed by atoms with Crippen LogP contribution in [0.3, 0.4) is 0 Å². The minimum absolute atomic E-state index is 0.388. The molecule has 0 aliphatic heterocycles. The van der Waals surface area contributed by atoms with Gasteiger partial charge in [-0.25, -0.2) is 15.0 Å². The van der Waals surface area contributed by atoms with Crippen LogP contribution in [0, 0.1) is 0 Å². The zero-order valence-corrected chi connectivity index (χ0v) is 12.7. The standard InChI is InChI=1S/C13H7BrClN3S/c14-9-10(8-4-2-1-3-5-8)17-12(18-11(9)15)13-16-6-7-19-13/h1-7H. The van der Waals surface area contributed by atoms with Crippen LogP contribution in [0.1, 0.15) is 0 Å². The minimum atomic E-state index is 0.388. The van der Waals surface area contributed by atoms with Crippen molar-refractivity contribution in [3.63, 3.8) is 0 Å². The summed E-state index contributed by atoms with van der Waals surface area (Å²) in [6.07, 6.45) is 1.72. The number of rotatable bonds is 2. The predicted molar refractivity (Wildman–Crippen MR) is 81.3 cm³/mol. The normalized spacial score (nSPS) is 10.6. The lowest BCUT2D eigenvalue weighted by atomic mass is 10.1. The fraction of sp³-hybridized carbons (Fsp3) is 0. The van der Waals surface area contributed by atoms with E-state index < -0.39 is 0 Å². The van der Waals surface area contributed by atoms with Crippen molar-refractivity contribution in [2.24, 2.45) is 0 Å². The van der Waals surface area contributed by atoms with Crippen molar-refractivity contribution in [1.82, 2.24) is 15.0 Å². The quantitative estimate of drug-likeness (QED) is 0.628. The Morgan fingerprint density at radius 2 is 1.89 bits per heavy atom. The van der Waals surface area contributed by atoms with Gasteiger partial charge in [0.25, 0.3) is 0 Å². The molecule has 1 aromatic carbocycles. The maximum Gasteiger partial charge on any atom is 0.190 e. The van der Waals surface area contributed by atoms with Crippen molar-refractivity contribution in [3.8, 4) is 22.1 Å². The number of nitrogens with zero attached hydrogens (tertiary/aromatic N) is 3. The van der Waals surface area contributed by atoms with Gasteiger partial charge in [-0.05, 0) is 15.9 Å². The molecule has 94 valence electrons. The lowest BCUT2D eigenvalue weighted by Crippen LogP contribution is -1.94. The third kappa shape index (κ3) is 2.54. The third-order valence-corrected chi connectivity index (χ3v) is 4.50. The SMILES string of the molecule is Clc1nc(-c2nccs2)nc(-c2ccccc2)c1Br. The molecule has 0 atom stereocenters. The molecule has 2 aromatic heterocycles. The minimum Gasteiger partial charge on any atom is -0.241 e. The Labute approximate surface area is 127 Å². The first kappa shape index (κ1) is 12.7. The van der Waals surface area contributed by atoms with E-state index in [2.05, 4.69) is 30.9 Å². The lowest BCUT2D eigenvalue weighted by molar-refractivity contribution is 1.15. The summed E-state index contributed by atoms with van der Waals surface area (Å²) in [6.45, 7) is 0. The number of hydrogen-bond acceptors (Lipinski definition) is 4. The average Bonchev–Trinajstić information content (AvgIpc) is 2.97.